The third kappa shape index (κ3) is 2.75. The Morgan fingerprint density at radius 3 is 3.00 bits per heavy atom. The van der Waals surface area contributed by atoms with Crippen LogP contribution in [-0.2, 0) is 6.54 Å². The summed E-state index contributed by atoms with van der Waals surface area (Å²) in [6, 6.07) is 2.97. The molecule has 0 bridgehead atoms. The van der Waals surface area contributed by atoms with Gasteiger partial charge in [-0.05, 0) is 18.9 Å². The second kappa shape index (κ2) is 6.03. The lowest BCUT2D eigenvalue weighted by atomic mass is 10.2. The van der Waals surface area contributed by atoms with Gasteiger partial charge in [0.05, 0.1) is 12.6 Å². The number of benzene rings is 1. The van der Waals surface area contributed by atoms with Crippen LogP contribution in [0, 0.1) is 5.82 Å². The average molecular weight is 328 g/mol. The quantitative estimate of drug-likeness (QED) is 0.748. The van der Waals surface area contributed by atoms with Crippen molar-refractivity contribution in [1.82, 2.24) is 24.7 Å². The molecule has 7 nitrogen and oxygen atoms in total. The van der Waals surface area contributed by atoms with Crippen LogP contribution < -0.4 is 10.1 Å². The molecular formula is C16H17FN6O. The lowest BCUT2D eigenvalue weighted by Gasteiger charge is -2.11. The van der Waals surface area contributed by atoms with Gasteiger partial charge in [0.1, 0.15) is 24.3 Å². The third-order valence-electron chi connectivity index (χ3n) is 4.14. The van der Waals surface area contributed by atoms with Crippen LogP contribution in [0.15, 0.2) is 24.8 Å². The molecule has 0 atom stereocenters. The molecule has 1 aliphatic carbocycles. The summed E-state index contributed by atoms with van der Waals surface area (Å²) in [5.41, 5.74) is 0.536. The van der Waals surface area contributed by atoms with Crippen molar-refractivity contribution in [1.29, 1.82) is 0 Å². The van der Waals surface area contributed by atoms with Gasteiger partial charge in [0.25, 0.3) is 0 Å². The first-order valence-corrected chi connectivity index (χ1v) is 7.86. The van der Waals surface area contributed by atoms with Crippen molar-refractivity contribution in [2.24, 2.45) is 0 Å². The van der Waals surface area contributed by atoms with E-state index < -0.39 is 5.82 Å². The lowest BCUT2D eigenvalue weighted by Crippen LogP contribution is -2.13. The number of rotatable bonds is 6. The minimum absolute atomic E-state index is 0.176. The zero-order chi connectivity index (χ0) is 16.5. The van der Waals surface area contributed by atoms with E-state index >= 15 is 0 Å². The zero-order valence-electron chi connectivity index (χ0n) is 13.2. The van der Waals surface area contributed by atoms with Gasteiger partial charge in [-0.25, -0.2) is 14.4 Å². The normalized spacial score (nSPS) is 14.1. The summed E-state index contributed by atoms with van der Waals surface area (Å²) in [5, 5.41) is 12.2. The maximum atomic E-state index is 13.8. The van der Waals surface area contributed by atoms with Crippen LogP contribution >= 0.6 is 0 Å². The van der Waals surface area contributed by atoms with E-state index in [0.717, 1.165) is 17.8 Å². The number of aromatic nitrogens is 5. The highest BCUT2D eigenvalue weighted by molar-refractivity contribution is 5.90. The molecule has 1 fully saturated rings. The van der Waals surface area contributed by atoms with Crippen molar-refractivity contribution >= 4 is 16.7 Å². The number of anilines is 1. The molecule has 24 heavy (non-hydrogen) atoms. The Balaban J connectivity index is 1.52. The SMILES string of the molecule is COc1cc2c(NCCn3cnnc3C3CC3)ncnc2cc1F. The number of hydrogen-bond acceptors (Lipinski definition) is 6. The van der Waals surface area contributed by atoms with Crippen LogP contribution in [0.5, 0.6) is 5.75 Å². The van der Waals surface area contributed by atoms with Crippen LogP contribution in [0.4, 0.5) is 10.2 Å². The zero-order valence-corrected chi connectivity index (χ0v) is 13.2. The summed E-state index contributed by atoms with van der Waals surface area (Å²) < 4.78 is 20.9. The van der Waals surface area contributed by atoms with E-state index in [0.29, 0.717) is 23.8 Å². The maximum absolute atomic E-state index is 13.8. The van der Waals surface area contributed by atoms with Crippen LogP contribution in [0.1, 0.15) is 24.6 Å². The number of fused-ring (bicyclic) bond motifs is 1. The second-order valence-corrected chi connectivity index (χ2v) is 5.81. The molecule has 0 amide bonds. The first-order valence-electron chi connectivity index (χ1n) is 7.86. The maximum Gasteiger partial charge on any atom is 0.167 e. The standard InChI is InChI=1S/C16H17FN6O/c1-24-14-6-11-13(7-12(14)17)19-8-20-15(11)18-4-5-23-9-21-22-16(23)10-2-3-10/h6-10H,2-5H2,1H3,(H,18,19,20). The number of hydrogen-bond donors (Lipinski definition) is 1. The van der Waals surface area contributed by atoms with Crippen molar-refractivity contribution in [2.45, 2.75) is 25.3 Å². The molecule has 1 saturated carbocycles. The van der Waals surface area contributed by atoms with Crippen molar-refractivity contribution < 1.29 is 9.13 Å². The van der Waals surface area contributed by atoms with Gasteiger partial charge in [-0.15, -0.1) is 10.2 Å². The van der Waals surface area contributed by atoms with E-state index in [1.807, 2.05) is 0 Å². The van der Waals surface area contributed by atoms with Gasteiger partial charge in [-0.2, -0.15) is 0 Å². The first kappa shape index (κ1) is 14.8. The van der Waals surface area contributed by atoms with Gasteiger partial charge >= 0.3 is 0 Å². The predicted octanol–water partition coefficient (Wildman–Crippen LogP) is 2.36. The minimum Gasteiger partial charge on any atom is -0.494 e. The fourth-order valence-corrected chi connectivity index (χ4v) is 2.74. The summed E-state index contributed by atoms with van der Waals surface area (Å²) >= 11 is 0. The Kier molecular flexibility index (Phi) is 3.72. The summed E-state index contributed by atoms with van der Waals surface area (Å²) in [5.74, 6) is 2.00. The van der Waals surface area contributed by atoms with Crippen LogP contribution in [0.3, 0.4) is 0 Å². The van der Waals surface area contributed by atoms with Gasteiger partial charge in [0.2, 0.25) is 0 Å². The monoisotopic (exact) mass is 328 g/mol. The van der Waals surface area contributed by atoms with Crippen molar-refractivity contribution in [2.75, 3.05) is 19.0 Å². The highest BCUT2D eigenvalue weighted by atomic mass is 19.1. The van der Waals surface area contributed by atoms with Crippen molar-refractivity contribution in [3.8, 4) is 5.75 Å². The molecule has 1 aromatic carbocycles. The molecule has 124 valence electrons. The molecule has 1 N–H and O–H groups in total. The second-order valence-electron chi connectivity index (χ2n) is 5.81. The predicted molar refractivity (Wildman–Crippen MR) is 86.5 cm³/mol. The van der Waals surface area contributed by atoms with E-state index in [2.05, 4.69) is 30.0 Å². The average Bonchev–Trinajstić information content (AvgIpc) is 3.33. The molecule has 0 saturated heterocycles. The molecule has 1 aliphatic rings. The van der Waals surface area contributed by atoms with Gasteiger partial charge in [0, 0.05) is 30.5 Å². The van der Waals surface area contributed by atoms with Crippen LogP contribution in [-0.4, -0.2) is 38.4 Å². The molecule has 0 radical (unpaired) electrons. The Morgan fingerprint density at radius 2 is 2.21 bits per heavy atom. The van der Waals surface area contributed by atoms with Crippen LogP contribution in [0.2, 0.25) is 0 Å². The lowest BCUT2D eigenvalue weighted by molar-refractivity contribution is 0.387. The number of nitrogens with zero attached hydrogens (tertiary/aromatic N) is 5. The molecule has 0 aliphatic heterocycles. The van der Waals surface area contributed by atoms with Gasteiger partial charge in [-0.1, -0.05) is 0 Å². The number of methoxy groups -OCH3 is 1. The summed E-state index contributed by atoms with van der Waals surface area (Å²) in [6.07, 6.45) is 5.55. The molecule has 0 spiro atoms. The van der Waals surface area contributed by atoms with E-state index in [1.54, 1.807) is 12.4 Å². The Labute approximate surface area is 137 Å². The van der Waals surface area contributed by atoms with Crippen molar-refractivity contribution in [3.63, 3.8) is 0 Å². The highest BCUT2D eigenvalue weighted by Gasteiger charge is 2.28. The number of nitrogens with one attached hydrogen (secondary N) is 1. The molecular weight excluding hydrogens is 311 g/mol. The first-order chi connectivity index (χ1) is 11.8. The highest BCUT2D eigenvalue weighted by Crippen LogP contribution is 2.38. The van der Waals surface area contributed by atoms with Gasteiger partial charge in [0.15, 0.2) is 11.6 Å². The van der Waals surface area contributed by atoms with Gasteiger partial charge < -0.3 is 14.6 Å². The minimum atomic E-state index is -0.437. The Morgan fingerprint density at radius 1 is 1.33 bits per heavy atom. The number of halogens is 1. The molecule has 2 heterocycles. The summed E-state index contributed by atoms with van der Waals surface area (Å²) in [4.78, 5) is 8.37. The fourth-order valence-electron chi connectivity index (χ4n) is 2.74. The molecule has 2 aromatic heterocycles. The van der Waals surface area contributed by atoms with E-state index in [4.69, 9.17) is 4.74 Å². The third-order valence-corrected chi connectivity index (χ3v) is 4.14. The van der Waals surface area contributed by atoms with Crippen molar-refractivity contribution in [3.05, 3.63) is 36.4 Å². The molecule has 0 unspecified atom stereocenters. The van der Waals surface area contributed by atoms with E-state index in [1.165, 1.54) is 32.3 Å². The molecule has 8 heteroatoms. The number of ether oxygens (including phenoxy) is 1. The van der Waals surface area contributed by atoms with E-state index in [-0.39, 0.29) is 5.75 Å². The molecule has 4 rings (SSSR count). The summed E-state index contributed by atoms with van der Waals surface area (Å²) in [7, 11) is 1.44. The summed E-state index contributed by atoms with van der Waals surface area (Å²) in [6.45, 7) is 1.40. The van der Waals surface area contributed by atoms with Gasteiger partial charge in [-0.3, -0.25) is 0 Å². The largest absolute Gasteiger partial charge is 0.494 e. The van der Waals surface area contributed by atoms with E-state index in [9.17, 15) is 4.39 Å². The smallest absolute Gasteiger partial charge is 0.167 e. The Bertz CT molecular complexity index is 876. The van der Waals surface area contributed by atoms with Crippen LogP contribution in [0.25, 0.3) is 10.9 Å². The fraction of sp³-hybridized carbons (Fsp3) is 0.375. The Hall–Kier alpha value is -2.77. The topological polar surface area (TPSA) is 77.8 Å². The molecule has 3 aromatic rings.